The lowest BCUT2D eigenvalue weighted by Crippen LogP contribution is -2.47. The number of anilines is 3. The highest BCUT2D eigenvalue weighted by atomic mass is 16.5. The number of hydrogen-bond acceptors (Lipinski definition) is 7. The average molecular weight is 435 g/mol. The summed E-state index contributed by atoms with van der Waals surface area (Å²) in [6, 6.07) is 16.5. The number of nitrogens with zero attached hydrogens (tertiary/aromatic N) is 5. The lowest BCUT2D eigenvalue weighted by Gasteiger charge is -2.36. The maximum atomic E-state index is 12.4. The molecule has 0 bridgehead atoms. The molecule has 1 N–H and O–H groups in total. The van der Waals surface area contributed by atoms with Crippen LogP contribution in [0.25, 0.3) is 0 Å². The molecular weight excluding hydrogens is 408 g/mol. The van der Waals surface area contributed by atoms with Crippen LogP contribution in [0.4, 0.5) is 17.3 Å². The van der Waals surface area contributed by atoms with Gasteiger partial charge in [0.1, 0.15) is 23.9 Å². The fourth-order valence-corrected chi connectivity index (χ4v) is 3.64. The van der Waals surface area contributed by atoms with E-state index in [9.17, 15) is 9.59 Å². The molecule has 9 nitrogen and oxygen atoms in total. The molecule has 0 aliphatic carbocycles. The summed E-state index contributed by atoms with van der Waals surface area (Å²) in [5, 5.41) is 7.14. The van der Waals surface area contributed by atoms with E-state index in [2.05, 4.69) is 37.3 Å². The standard InChI is InChI=1S/C23H26N6O3/c1-17-4-3-5-20(24-17)25-22(30)16-29-23(31)11-10-21(26-29)28-14-12-27(13-15-28)18-6-8-19(32-2)9-7-18/h3-11H,12-16H2,1-2H3,(H,24,25,30). The molecule has 1 saturated heterocycles. The van der Waals surface area contributed by atoms with Crippen LogP contribution in [0.15, 0.2) is 59.4 Å². The Morgan fingerprint density at radius 3 is 2.41 bits per heavy atom. The Hall–Kier alpha value is -3.88. The van der Waals surface area contributed by atoms with Crippen molar-refractivity contribution in [3.63, 3.8) is 0 Å². The van der Waals surface area contributed by atoms with Crippen LogP contribution >= 0.6 is 0 Å². The molecule has 2 aromatic heterocycles. The first-order valence-electron chi connectivity index (χ1n) is 10.5. The molecule has 0 spiro atoms. The Balaban J connectivity index is 1.39. The zero-order chi connectivity index (χ0) is 22.5. The van der Waals surface area contributed by atoms with E-state index in [-0.39, 0.29) is 18.0 Å². The Morgan fingerprint density at radius 2 is 1.72 bits per heavy atom. The van der Waals surface area contributed by atoms with Crippen molar-refractivity contribution >= 4 is 23.2 Å². The Bertz CT molecular complexity index is 1140. The number of benzene rings is 1. The zero-order valence-corrected chi connectivity index (χ0v) is 18.2. The van der Waals surface area contributed by atoms with Crippen molar-refractivity contribution in [2.45, 2.75) is 13.5 Å². The predicted molar refractivity (Wildman–Crippen MR) is 124 cm³/mol. The molecule has 3 aromatic rings. The van der Waals surface area contributed by atoms with Crippen LogP contribution < -0.4 is 25.4 Å². The smallest absolute Gasteiger partial charge is 0.267 e. The van der Waals surface area contributed by atoms with Gasteiger partial charge >= 0.3 is 0 Å². The van der Waals surface area contributed by atoms with Crippen molar-refractivity contribution < 1.29 is 9.53 Å². The number of amides is 1. The third kappa shape index (κ3) is 5.05. The number of carbonyl (C=O) groups is 1. The normalized spacial score (nSPS) is 13.7. The highest BCUT2D eigenvalue weighted by Crippen LogP contribution is 2.21. The molecule has 0 radical (unpaired) electrons. The summed E-state index contributed by atoms with van der Waals surface area (Å²) in [5.74, 6) is 1.62. The van der Waals surface area contributed by atoms with Gasteiger partial charge in [0.15, 0.2) is 0 Å². The van der Waals surface area contributed by atoms with Gasteiger partial charge in [-0.25, -0.2) is 9.67 Å². The number of rotatable bonds is 6. The first-order chi connectivity index (χ1) is 15.5. The fraction of sp³-hybridized carbons (Fsp3) is 0.304. The van der Waals surface area contributed by atoms with Crippen molar-refractivity contribution in [2.24, 2.45) is 0 Å². The minimum Gasteiger partial charge on any atom is -0.497 e. The van der Waals surface area contributed by atoms with Crippen molar-refractivity contribution in [1.82, 2.24) is 14.8 Å². The van der Waals surface area contributed by atoms with Gasteiger partial charge in [0.05, 0.1) is 7.11 Å². The second-order valence-corrected chi connectivity index (χ2v) is 7.57. The first kappa shape index (κ1) is 21.4. The van der Waals surface area contributed by atoms with E-state index in [0.717, 1.165) is 43.3 Å². The quantitative estimate of drug-likeness (QED) is 0.634. The molecule has 0 saturated carbocycles. The lowest BCUT2D eigenvalue weighted by molar-refractivity contribution is -0.117. The number of methoxy groups -OCH3 is 1. The molecule has 32 heavy (non-hydrogen) atoms. The molecule has 3 heterocycles. The molecule has 0 unspecified atom stereocenters. The molecule has 9 heteroatoms. The number of pyridine rings is 1. The molecule has 1 amide bonds. The molecule has 166 valence electrons. The van der Waals surface area contributed by atoms with E-state index in [4.69, 9.17) is 4.74 Å². The van der Waals surface area contributed by atoms with Crippen LogP contribution in [0.2, 0.25) is 0 Å². The molecule has 1 aliphatic heterocycles. The second-order valence-electron chi connectivity index (χ2n) is 7.57. The van der Waals surface area contributed by atoms with Crippen LogP contribution in [-0.2, 0) is 11.3 Å². The summed E-state index contributed by atoms with van der Waals surface area (Å²) in [6.07, 6.45) is 0. The van der Waals surface area contributed by atoms with Gasteiger partial charge in [0.2, 0.25) is 5.91 Å². The summed E-state index contributed by atoms with van der Waals surface area (Å²) in [4.78, 5) is 33.3. The van der Waals surface area contributed by atoms with Gasteiger partial charge in [-0.05, 0) is 49.4 Å². The highest BCUT2D eigenvalue weighted by Gasteiger charge is 2.19. The van der Waals surface area contributed by atoms with Crippen LogP contribution in [0.3, 0.4) is 0 Å². The van der Waals surface area contributed by atoms with Crippen LogP contribution in [0.5, 0.6) is 5.75 Å². The van der Waals surface area contributed by atoms with E-state index in [1.165, 1.54) is 10.7 Å². The minimum absolute atomic E-state index is 0.173. The van der Waals surface area contributed by atoms with Gasteiger partial charge in [-0.15, -0.1) is 0 Å². The van der Waals surface area contributed by atoms with Crippen molar-refractivity contribution in [3.05, 3.63) is 70.6 Å². The van der Waals surface area contributed by atoms with E-state index >= 15 is 0 Å². The first-order valence-corrected chi connectivity index (χ1v) is 10.5. The summed E-state index contributed by atoms with van der Waals surface area (Å²) >= 11 is 0. The van der Waals surface area contributed by atoms with Crippen molar-refractivity contribution in [2.75, 3.05) is 48.4 Å². The second kappa shape index (κ2) is 9.51. The number of ether oxygens (including phenoxy) is 1. The third-order valence-electron chi connectivity index (χ3n) is 5.34. The fourth-order valence-electron chi connectivity index (χ4n) is 3.64. The summed E-state index contributed by atoms with van der Waals surface area (Å²) in [6.45, 7) is 4.85. The third-order valence-corrected chi connectivity index (χ3v) is 5.34. The van der Waals surface area contributed by atoms with Gasteiger partial charge in [-0.2, -0.15) is 5.10 Å². The van der Waals surface area contributed by atoms with E-state index < -0.39 is 0 Å². The van der Waals surface area contributed by atoms with E-state index in [0.29, 0.717) is 11.6 Å². The van der Waals surface area contributed by atoms with E-state index in [1.54, 1.807) is 19.2 Å². The number of piperazine rings is 1. The number of carbonyl (C=O) groups excluding carboxylic acids is 1. The van der Waals surface area contributed by atoms with Crippen molar-refractivity contribution in [1.29, 1.82) is 0 Å². The van der Waals surface area contributed by atoms with Crippen LogP contribution in [0.1, 0.15) is 5.69 Å². The van der Waals surface area contributed by atoms with Gasteiger partial charge in [-0.3, -0.25) is 9.59 Å². The van der Waals surface area contributed by atoms with Gasteiger partial charge < -0.3 is 19.9 Å². The molecular formula is C23H26N6O3. The SMILES string of the molecule is COc1ccc(N2CCN(c3ccc(=O)n(CC(=O)Nc4cccc(C)n4)n3)CC2)cc1. The van der Waals surface area contributed by atoms with Crippen LogP contribution in [-0.4, -0.2) is 54.0 Å². The molecule has 1 aliphatic rings. The zero-order valence-electron chi connectivity index (χ0n) is 18.2. The Kier molecular flexibility index (Phi) is 6.34. The molecule has 0 atom stereocenters. The Labute approximate surface area is 186 Å². The van der Waals surface area contributed by atoms with Gasteiger partial charge in [0.25, 0.3) is 5.56 Å². The lowest BCUT2D eigenvalue weighted by atomic mass is 10.2. The number of hydrogen-bond donors (Lipinski definition) is 1. The van der Waals surface area contributed by atoms with E-state index in [1.807, 2.05) is 31.2 Å². The minimum atomic E-state index is -0.348. The maximum absolute atomic E-state index is 12.4. The molecule has 1 fully saturated rings. The summed E-state index contributed by atoms with van der Waals surface area (Å²) in [5.41, 5.74) is 1.62. The number of aromatic nitrogens is 3. The monoisotopic (exact) mass is 434 g/mol. The topological polar surface area (TPSA) is 92.6 Å². The van der Waals surface area contributed by atoms with Gasteiger partial charge in [-0.1, -0.05) is 6.07 Å². The summed E-state index contributed by atoms with van der Waals surface area (Å²) in [7, 11) is 1.66. The predicted octanol–water partition coefficient (Wildman–Crippen LogP) is 1.92. The summed E-state index contributed by atoms with van der Waals surface area (Å²) < 4.78 is 6.41. The largest absolute Gasteiger partial charge is 0.497 e. The van der Waals surface area contributed by atoms with Gasteiger partial charge in [0, 0.05) is 43.6 Å². The van der Waals surface area contributed by atoms with Crippen LogP contribution in [0, 0.1) is 6.92 Å². The molecule has 1 aromatic carbocycles. The molecule has 4 rings (SSSR count). The number of nitrogens with one attached hydrogen (secondary N) is 1. The average Bonchev–Trinajstić information content (AvgIpc) is 2.81. The highest BCUT2D eigenvalue weighted by molar-refractivity contribution is 5.89. The Morgan fingerprint density at radius 1 is 1.00 bits per heavy atom. The maximum Gasteiger partial charge on any atom is 0.267 e. The van der Waals surface area contributed by atoms with Crippen molar-refractivity contribution in [3.8, 4) is 5.75 Å². The number of aryl methyl sites for hydroxylation is 1.